The van der Waals surface area contributed by atoms with Crippen molar-refractivity contribution in [2.24, 2.45) is 0 Å². The van der Waals surface area contributed by atoms with Crippen molar-refractivity contribution in [2.45, 2.75) is 43.0 Å². The van der Waals surface area contributed by atoms with Crippen LogP contribution in [0.2, 0.25) is 0 Å². The van der Waals surface area contributed by atoms with E-state index < -0.39 is 0 Å². The second kappa shape index (κ2) is 5.25. The summed E-state index contributed by atoms with van der Waals surface area (Å²) in [6.07, 6.45) is 1.80. The monoisotopic (exact) mass is 272 g/mol. The standard InChI is InChI=1S/C16H20N2S/c1-11-9-10-18-15(14(11)17)19-13-7-5-12(6-8-13)16(2,3)4/h5-10H,17H2,1-4H3. The normalized spacial score (nSPS) is 11.6. The van der Waals surface area contributed by atoms with Crippen LogP contribution in [0.15, 0.2) is 46.5 Å². The van der Waals surface area contributed by atoms with Crippen LogP contribution in [0.3, 0.4) is 0 Å². The molecule has 0 radical (unpaired) electrons. The Bertz CT molecular complexity index is 568. The molecule has 1 heterocycles. The van der Waals surface area contributed by atoms with Crippen LogP contribution in [-0.2, 0) is 5.41 Å². The lowest BCUT2D eigenvalue weighted by molar-refractivity contribution is 0.590. The van der Waals surface area contributed by atoms with Gasteiger partial charge in [0.05, 0.1) is 5.69 Å². The summed E-state index contributed by atoms with van der Waals surface area (Å²) < 4.78 is 0. The molecule has 3 heteroatoms. The quantitative estimate of drug-likeness (QED) is 0.879. The Morgan fingerprint density at radius 1 is 1.05 bits per heavy atom. The molecule has 0 spiro atoms. The van der Waals surface area contributed by atoms with E-state index in [9.17, 15) is 0 Å². The highest BCUT2D eigenvalue weighted by Crippen LogP contribution is 2.33. The van der Waals surface area contributed by atoms with E-state index in [2.05, 4.69) is 50.0 Å². The predicted octanol–water partition coefficient (Wildman–Crippen LogP) is 4.42. The maximum Gasteiger partial charge on any atom is 0.124 e. The van der Waals surface area contributed by atoms with Gasteiger partial charge in [-0.25, -0.2) is 4.98 Å². The van der Waals surface area contributed by atoms with Crippen molar-refractivity contribution >= 4 is 17.4 Å². The van der Waals surface area contributed by atoms with Crippen molar-refractivity contribution in [1.82, 2.24) is 4.98 Å². The van der Waals surface area contributed by atoms with E-state index in [1.807, 2.05) is 13.0 Å². The third kappa shape index (κ3) is 3.29. The maximum atomic E-state index is 6.05. The van der Waals surface area contributed by atoms with E-state index in [-0.39, 0.29) is 5.41 Å². The predicted molar refractivity (Wildman–Crippen MR) is 82.7 cm³/mol. The molecule has 0 bridgehead atoms. The van der Waals surface area contributed by atoms with Crippen molar-refractivity contribution in [1.29, 1.82) is 0 Å². The first-order valence-electron chi connectivity index (χ1n) is 6.37. The zero-order chi connectivity index (χ0) is 14.0. The maximum absolute atomic E-state index is 6.05. The molecule has 0 aliphatic heterocycles. The van der Waals surface area contributed by atoms with Gasteiger partial charge in [-0.1, -0.05) is 44.7 Å². The largest absolute Gasteiger partial charge is 0.396 e. The van der Waals surface area contributed by atoms with Crippen LogP contribution >= 0.6 is 11.8 Å². The van der Waals surface area contributed by atoms with Gasteiger partial charge in [0.15, 0.2) is 0 Å². The van der Waals surface area contributed by atoms with E-state index in [0.29, 0.717) is 0 Å². The fourth-order valence-electron chi connectivity index (χ4n) is 1.76. The zero-order valence-electron chi connectivity index (χ0n) is 11.9. The van der Waals surface area contributed by atoms with Crippen LogP contribution < -0.4 is 5.73 Å². The Labute approximate surface area is 119 Å². The van der Waals surface area contributed by atoms with Crippen molar-refractivity contribution < 1.29 is 0 Å². The van der Waals surface area contributed by atoms with E-state index in [0.717, 1.165) is 21.2 Å². The van der Waals surface area contributed by atoms with Crippen molar-refractivity contribution in [2.75, 3.05) is 5.73 Å². The summed E-state index contributed by atoms with van der Waals surface area (Å²) in [4.78, 5) is 5.51. The number of anilines is 1. The second-order valence-corrected chi connectivity index (χ2v) is 6.79. The lowest BCUT2D eigenvalue weighted by Gasteiger charge is -2.19. The Balaban J connectivity index is 2.23. The average molecular weight is 272 g/mol. The smallest absolute Gasteiger partial charge is 0.124 e. The number of hydrogen-bond donors (Lipinski definition) is 1. The van der Waals surface area contributed by atoms with Crippen LogP contribution in [0.4, 0.5) is 5.69 Å². The molecule has 19 heavy (non-hydrogen) atoms. The van der Waals surface area contributed by atoms with Gasteiger partial charge in [-0.3, -0.25) is 0 Å². The van der Waals surface area contributed by atoms with Crippen LogP contribution in [0, 0.1) is 6.92 Å². The molecule has 0 aliphatic carbocycles. The van der Waals surface area contributed by atoms with E-state index in [4.69, 9.17) is 5.73 Å². The van der Waals surface area contributed by atoms with Crippen molar-refractivity contribution in [3.8, 4) is 0 Å². The molecule has 0 saturated heterocycles. The number of nitrogen functional groups attached to an aromatic ring is 1. The number of nitrogens with zero attached hydrogens (tertiary/aromatic N) is 1. The first-order chi connectivity index (χ1) is 8.88. The van der Waals surface area contributed by atoms with Gasteiger partial charge in [0, 0.05) is 11.1 Å². The van der Waals surface area contributed by atoms with Gasteiger partial charge >= 0.3 is 0 Å². The van der Waals surface area contributed by atoms with E-state index in [1.54, 1.807) is 18.0 Å². The minimum absolute atomic E-state index is 0.184. The molecule has 0 saturated carbocycles. The second-order valence-electron chi connectivity index (χ2n) is 5.72. The molecular weight excluding hydrogens is 252 g/mol. The fraction of sp³-hybridized carbons (Fsp3) is 0.312. The molecule has 0 fully saturated rings. The van der Waals surface area contributed by atoms with Gasteiger partial charge in [-0.2, -0.15) is 0 Å². The number of pyridine rings is 1. The molecule has 0 amide bonds. The van der Waals surface area contributed by atoms with E-state index in [1.165, 1.54) is 5.56 Å². The number of benzene rings is 1. The molecular formula is C16H20N2S. The zero-order valence-corrected chi connectivity index (χ0v) is 12.7. The number of aryl methyl sites for hydroxylation is 1. The first-order valence-corrected chi connectivity index (χ1v) is 7.19. The Kier molecular flexibility index (Phi) is 3.85. The third-order valence-corrected chi connectivity index (χ3v) is 4.13. The first kappa shape index (κ1) is 13.9. The van der Waals surface area contributed by atoms with Crippen LogP contribution in [0.25, 0.3) is 0 Å². The number of rotatable bonds is 2. The molecule has 1 aromatic heterocycles. The summed E-state index contributed by atoms with van der Waals surface area (Å²) in [5.74, 6) is 0. The van der Waals surface area contributed by atoms with Gasteiger partial charge in [0.2, 0.25) is 0 Å². The topological polar surface area (TPSA) is 38.9 Å². The summed E-state index contributed by atoms with van der Waals surface area (Å²) in [6, 6.07) is 10.5. The highest BCUT2D eigenvalue weighted by Gasteiger charge is 2.13. The third-order valence-electron chi connectivity index (χ3n) is 3.11. The minimum Gasteiger partial charge on any atom is -0.396 e. The molecule has 0 aliphatic rings. The molecule has 2 N–H and O–H groups in total. The van der Waals surface area contributed by atoms with Gasteiger partial charge in [0.25, 0.3) is 0 Å². The molecule has 2 aromatic rings. The van der Waals surface area contributed by atoms with Gasteiger partial charge in [-0.15, -0.1) is 0 Å². The van der Waals surface area contributed by atoms with Crippen LogP contribution in [0.5, 0.6) is 0 Å². The van der Waals surface area contributed by atoms with Gasteiger partial charge in [0.1, 0.15) is 5.03 Å². The van der Waals surface area contributed by atoms with Gasteiger partial charge in [-0.05, 0) is 41.7 Å². The Hall–Kier alpha value is -1.48. The van der Waals surface area contributed by atoms with Gasteiger partial charge < -0.3 is 5.73 Å². The fourth-order valence-corrected chi connectivity index (χ4v) is 2.64. The van der Waals surface area contributed by atoms with Crippen molar-refractivity contribution in [3.05, 3.63) is 47.7 Å². The van der Waals surface area contributed by atoms with Crippen LogP contribution in [0.1, 0.15) is 31.9 Å². The summed E-state index contributed by atoms with van der Waals surface area (Å²) in [7, 11) is 0. The number of aromatic nitrogens is 1. The number of nitrogens with two attached hydrogens (primary N) is 1. The lowest BCUT2D eigenvalue weighted by Crippen LogP contribution is -2.10. The minimum atomic E-state index is 0.184. The highest BCUT2D eigenvalue weighted by molar-refractivity contribution is 7.99. The van der Waals surface area contributed by atoms with Crippen LogP contribution in [-0.4, -0.2) is 4.98 Å². The molecule has 100 valence electrons. The summed E-state index contributed by atoms with van der Waals surface area (Å²) in [5, 5.41) is 0.878. The Morgan fingerprint density at radius 2 is 1.68 bits per heavy atom. The molecule has 0 atom stereocenters. The number of hydrogen-bond acceptors (Lipinski definition) is 3. The molecule has 2 nitrogen and oxygen atoms in total. The molecule has 1 aromatic carbocycles. The Morgan fingerprint density at radius 3 is 2.26 bits per heavy atom. The summed E-state index contributed by atoms with van der Waals surface area (Å²) >= 11 is 1.61. The highest BCUT2D eigenvalue weighted by atomic mass is 32.2. The van der Waals surface area contributed by atoms with E-state index >= 15 is 0 Å². The average Bonchev–Trinajstić information content (AvgIpc) is 2.35. The molecule has 0 unspecified atom stereocenters. The summed E-state index contributed by atoms with van der Waals surface area (Å²) in [5.41, 5.74) is 9.41. The summed E-state index contributed by atoms with van der Waals surface area (Å²) in [6.45, 7) is 8.66. The van der Waals surface area contributed by atoms with Crippen molar-refractivity contribution in [3.63, 3.8) is 0 Å². The lowest BCUT2D eigenvalue weighted by atomic mass is 9.87. The SMILES string of the molecule is Cc1ccnc(Sc2ccc(C(C)(C)C)cc2)c1N. The molecule has 2 rings (SSSR count).